The number of rotatable bonds is 2. The fourth-order valence-corrected chi connectivity index (χ4v) is 4.05. The monoisotopic (exact) mass is 271 g/mol. The summed E-state index contributed by atoms with van der Waals surface area (Å²) in [5, 5.41) is 11.3. The van der Waals surface area contributed by atoms with Gasteiger partial charge in [0.05, 0.1) is 10.6 Å². The lowest BCUT2D eigenvalue weighted by Crippen LogP contribution is -2.44. The highest BCUT2D eigenvalue weighted by Crippen LogP contribution is 2.41. The zero-order chi connectivity index (χ0) is 12.5. The Balaban J connectivity index is 2.15. The minimum absolute atomic E-state index is 0.192. The van der Waals surface area contributed by atoms with E-state index in [-0.39, 0.29) is 5.41 Å². The first-order valence-electron chi connectivity index (χ1n) is 5.79. The van der Waals surface area contributed by atoms with E-state index < -0.39 is 5.60 Å². The normalized spacial score (nSPS) is 28.0. The van der Waals surface area contributed by atoms with Crippen molar-refractivity contribution in [2.75, 3.05) is 11.5 Å². The summed E-state index contributed by atoms with van der Waals surface area (Å²) in [5.41, 5.74) is 0.539. The van der Waals surface area contributed by atoms with Crippen LogP contribution in [-0.4, -0.2) is 27.2 Å². The van der Waals surface area contributed by atoms with Gasteiger partial charge < -0.3 is 5.11 Å². The number of aromatic nitrogens is 1. The molecule has 1 aromatic heterocycles. The summed E-state index contributed by atoms with van der Waals surface area (Å²) in [4.78, 5) is 3.97. The van der Waals surface area contributed by atoms with Crippen molar-refractivity contribution in [2.45, 2.75) is 32.3 Å². The van der Waals surface area contributed by atoms with E-state index in [4.69, 9.17) is 11.6 Å². The molecular formula is C13H18ClNOS. The second-order valence-electron chi connectivity index (χ2n) is 5.70. The van der Waals surface area contributed by atoms with Crippen LogP contribution < -0.4 is 0 Å². The van der Waals surface area contributed by atoms with Gasteiger partial charge in [-0.1, -0.05) is 25.4 Å². The van der Waals surface area contributed by atoms with Crippen molar-refractivity contribution in [3.05, 3.63) is 29.0 Å². The second kappa shape index (κ2) is 4.79. The van der Waals surface area contributed by atoms with Gasteiger partial charge in [0.2, 0.25) is 0 Å². The minimum atomic E-state index is -0.641. The average molecular weight is 272 g/mol. The molecule has 1 aromatic rings. The molecule has 0 spiro atoms. The van der Waals surface area contributed by atoms with Crippen LogP contribution in [0.25, 0.3) is 0 Å². The highest BCUT2D eigenvalue weighted by atomic mass is 35.5. The number of halogens is 1. The van der Waals surface area contributed by atoms with E-state index in [1.54, 1.807) is 12.4 Å². The number of thioether (sulfide) groups is 1. The molecule has 1 fully saturated rings. The number of aliphatic hydroxyl groups is 1. The lowest BCUT2D eigenvalue weighted by atomic mass is 9.79. The maximum Gasteiger partial charge on any atom is 0.0783 e. The van der Waals surface area contributed by atoms with Gasteiger partial charge in [-0.05, 0) is 29.2 Å². The maximum absolute atomic E-state index is 10.7. The van der Waals surface area contributed by atoms with Crippen LogP contribution in [0.3, 0.4) is 0 Å². The topological polar surface area (TPSA) is 33.1 Å². The maximum atomic E-state index is 10.7. The van der Waals surface area contributed by atoms with Crippen molar-refractivity contribution in [3.63, 3.8) is 0 Å². The Hall–Kier alpha value is -0.250. The molecule has 1 saturated heterocycles. The quantitative estimate of drug-likeness (QED) is 0.897. The molecule has 94 valence electrons. The van der Waals surface area contributed by atoms with Crippen LogP contribution in [0.15, 0.2) is 18.5 Å². The van der Waals surface area contributed by atoms with Crippen LogP contribution in [0, 0.1) is 5.41 Å². The Morgan fingerprint density at radius 3 is 2.88 bits per heavy atom. The van der Waals surface area contributed by atoms with E-state index in [0.717, 1.165) is 23.5 Å². The molecule has 1 aliphatic rings. The first-order valence-corrected chi connectivity index (χ1v) is 7.32. The predicted octanol–water partition coefficient (Wildman–Crippen LogP) is 3.17. The third kappa shape index (κ3) is 3.36. The van der Waals surface area contributed by atoms with Crippen molar-refractivity contribution in [1.29, 1.82) is 0 Å². The Labute approximate surface area is 112 Å². The highest BCUT2D eigenvalue weighted by Gasteiger charge is 2.39. The van der Waals surface area contributed by atoms with Gasteiger partial charge in [-0.3, -0.25) is 4.98 Å². The largest absolute Gasteiger partial charge is 0.389 e. The van der Waals surface area contributed by atoms with Crippen molar-refractivity contribution in [2.24, 2.45) is 5.41 Å². The number of hydrogen-bond acceptors (Lipinski definition) is 3. The third-order valence-corrected chi connectivity index (χ3v) is 5.11. The van der Waals surface area contributed by atoms with E-state index in [1.165, 1.54) is 0 Å². The zero-order valence-corrected chi connectivity index (χ0v) is 11.8. The summed E-state index contributed by atoms with van der Waals surface area (Å²) in [5.74, 6) is 1.90. The molecule has 17 heavy (non-hydrogen) atoms. The van der Waals surface area contributed by atoms with E-state index in [0.29, 0.717) is 11.4 Å². The number of pyridine rings is 1. The van der Waals surface area contributed by atoms with Gasteiger partial charge in [0, 0.05) is 24.6 Å². The van der Waals surface area contributed by atoms with E-state index >= 15 is 0 Å². The molecule has 1 unspecified atom stereocenters. The van der Waals surface area contributed by atoms with Gasteiger partial charge in [-0.25, -0.2) is 0 Å². The van der Waals surface area contributed by atoms with Crippen LogP contribution in [0.2, 0.25) is 5.02 Å². The van der Waals surface area contributed by atoms with Crippen LogP contribution in [0.5, 0.6) is 0 Å². The molecule has 1 N–H and O–H groups in total. The molecule has 2 rings (SSSR count). The molecule has 1 aliphatic heterocycles. The van der Waals surface area contributed by atoms with Gasteiger partial charge >= 0.3 is 0 Å². The molecular weight excluding hydrogens is 254 g/mol. The highest BCUT2D eigenvalue weighted by molar-refractivity contribution is 7.99. The standard InChI is InChI=1S/C13H18ClNOS/c1-12(2)7-13(16,9-17-8-12)5-10-3-4-15-6-11(10)14/h3-4,6,16H,5,7-9H2,1-2H3. The van der Waals surface area contributed by atoms with Gasteiger partial charge in [-0.15, -0.1) is 0 Å². The van der Waals surface area contributed by atoms with E-state index in [9.17, 15) is 5.11 Å². The Bertz CT molecular complexity index is 410. The van der Waals surface area contributed by atoms with Gasteiger partial charge in [0.25, 0.3) is 0 Å². The Kier molecular flexibility index (Phi) is 3.71. The fraction of sp³-hybridized carbons (Fsp3) is 0.615. The molecule has 4 heteroatoms. The summed E-state index contributed by atoms with van der Waals surface area (Å²) < 4.78 is 0. The van der Waals surface area contributed by atoms with Crippen LogP contribution in [0.4, 0.5) is 0 Å². The van der Waals surface area contributed by atoms with Crippen LogP contribution >= 0.6 is 23.4 Å². The molecule has 2 heterocycles. The predicted molar refractivity (Wildman–Crippen MR) is 73.6 cm³/mol. The summed E-state index contributed by atoms with van der Waals surface area (Å²) in [6, 6.07) is 1.90. The fourth-order valence-electron chi connectivity index (χ4n) is 2.53. The average Bonchev–Trinajstić information content (AvgIpc) is 2.19. The van der Waals surface area contributed by atoms with Gasteiger partial charge in [0.15, 0.2) is 0 Å². The van der Waals surface area contributed by atoms with Crippen molar-refractivity contribution in [3.8, 4) is 0 Å². The Morgan fingerprint density at radius 2 is 2.24 bits per heavy atom. The summed E-state index contributed by atoms with van der Waals surface area (Å²) >= 11 is 7.92. The molecule has 0 aliphatic carbocycles. The molecule has 0 amide bonds. The summed E-state index contributed by atoms with van der Waals surface area (Å²) in [6.45, 7) is 4.41. The minimum Gasteiger partial charge on any atom is -0.389 e. The smallest absolute Gasteiger partial charge is 0.0783 e. The number of hydrogen-bond donors (Lipinski definition) is 1. The van der Waals surface area contributed by atoms with E-state index in [2.05, 4.69) is 18.8 Å². The Morgan fingerprint density at radius 1 is 1.47 bits per heavy atom. The second-order valence-corrected chi connectivity index (χ2v) is 7.09. The van der Waals surface area contributed by atoms with Crippen molar-refractivity contribution in [1.82, 2.24) is 4.98 Å². The molecule has 2 nitrogen and oxygen atoms in total. The summed E-state index contributed by atoms with van der Waals surface area (Å²) in [7, 11) is 0. The SMILES string of the molecule is CC1(C)CSCC(O)(Cc2ccncc2Cl)C1. The van der Waals surface area contributed by atoms with Gasteiger partial charge in [0.1, 0.15) is 0 Å². The molecule has 1 atom stereocenters. The first-order chi connectivity index (χ1) is 7.90. The molecule has 0 aromatic carbocycles. The molecule has 0 radical (unpaired) electrons. The lowest BCUT2D eigenvalue weighted by Gasteiger charge is -2.41. The number of nitrogens with zero attached hydrogens (tertiary/aromatic N) is 1. The first kappa shape index (κ1) is 13.2. The van der Waals surface area contributed by atoms with Crippen LogP contribution in [-0.2, 0) is 6.42 Å². The zero-order valence-electron chi connectivity index (χ0n) is 10.2. The third-order valence-electron chi connectivity index (χ3n) is 3.05. The molecule has 0 bridgehead atoms. The summed E-state index contributed by atoms with van der Waals surface area (Å²) in [6.07, 6.45) is 4.81. The molecule has 0 saturated carbocycles. The van der Waals surface area contributed by atoms with E-state index in [1.807, 2.05) is 17.8 Å². The van der Waals surface area contributed by atoms with Crippen molar-refractivity contribution < 1.29 is 5.11 Å². The van der Waals surface area contributed by atoms with Gasteiger partial charge in [-0.2, -0.15) is 11.8 Å². The van der Waals surface area contributed by atoms with Crippen LogP contribution in [0.1, 0.15) is 25.8 Å². The van der Waals surface area contributed by atoms with Crippen molar-refractivity contribution >= 4 is 23.4 Å². The lowest BCUT2D eigenvalue weighted by molar-refractivity contribution is 0.0200.